The Hall–Kier alpha value is -4.13. The van der Waals surface area contributed by atoms with Crippen molar-refractivity contribution < 1.29 is 19.1 Å². The third kappa shape index (κ3) is 6.71. The van der Waals surface area contributed by atoms with Crippen molar-refractivity contribution in [2.75, 3.05) is 24.8 Å². The summed E-state index contributed by atoms with van der Waals surface area (Å²) in [6, 6.07) is 21.8. The Morgan fingerprint density at radius 1 is 1.00 bits per heavy atom. The van der Waals surface area contributed by atoms with Gasteiger partial charge in [-0.15, -0.1) is 10.2 Å². The summed E-state index contributed by atoms with van der Waals surface area (Å²) >= 11 is 8.51. The van der Waals surface area contributed by atoms with Crippen LogP contribution in [0.15, 0.2) is 78.0 Å². The first kappa shape index (κ1) is 27.4. The number of nitrogens with zero attached hydrogens (tertiary/aromatic N) is 4. The summed E-state index contributed by atoms with van der Waals surface area (Å²) in [5, 5.41) is 15.8. The van der Waals surface area contributed by atoms with Crippen LogP contribution in [0.25, 0.3) is 15.9 Å². The van der Waals surface area contributed by atoms with Crippen molar-refractivity contribution in [1.29, 1.82) is 0 Å². The van der Waals surface area contributed by atoms with Gasteiger partial charge < -0.3 is 20.1 Å². The molecular formula is C27H23ClN6O4S2. The van der Waals surface area contributed by atoms with Gasteiger partial charge in [-0.25, -0.2) is 4.98 Å². The van der Waals surface area contributed by atoms with Gasteiger partial charge in [0, 0.05) is 5.02 Å². The summed E-state index contributed by atoms with van der Waals surface area (Å²) in [7, 11) is 1.57. The Morgan fingerprint density at radius 2 is 1.77 bits per heavy atom. The summed E-state index contributed by atoms with van der Waals surface area (Å²) < 4.78 is 13.8. The van der Waals surface area contributed by atoms with Crippen LogP contribution in [0.5, 0.6) is 11.5 Å². The predicted octanol–water partition coefficient (Wildman–Crippen LogP) is 4.97. The van der Waals surface area contributed by atoms with Crippen LogP contribution in [0.3, 0.4) is 0 Å². The highest BCUT2D eigenvalue weighted by Gasteiger charge is 2.19. The molecule has 2 heterocycles. The van der Waals surface area contributed by atoms with Crippen molar-refractivity contribution in [3.63, 3.8) is 0 Å². The summed E-state index contributed by atoms with van der Waals surface area (Å²) in [5.74, 6) is 1.08. The van der Waals surface area contributed by atoms with Crippen molar-refractivity contribution in [3.8, 4) is 17.2 Å². The average Bonchev–Trinajstić information content (AvgIpc) is 3.57. The zero-order valence-electron chi connectivity index (χ0n) is 21.2. The highest BCUT2D eigenvalue weighted by molar-refractivity contribution is 7.99. The molecule has 5 rings (SSSR count). The Kier molecular flexibility index (Phi) is 8.79. The van der Waals surface area contributed by atoms with E-state index in [-0.39, 0.29) is 30.7 Å². The van der Waals surface area contributed by atoms with Crippen LogP contribution >= 0.6 is 34.7 Å². The Bertz CT molecular complexity index is 1610. The second-order valence-corrected chi connectivity index (χ2v) is 10.7. The first-order chi connectivity index (χ1) is 19.5. The SMILES string of the molecule is COc1ccccc1-n1c(CNC(=O)COc2ccc(Cl)cc2)nnc1SCC(=O)Nc1nc2ccccc2s1. The summed E-state index contributed by atoms with van der Waals surface area (Å²) in [6.45, 7) is -0.107. The van der Waals surface area contributed by atoms with E-state index in [0.717, 1.165) is 10.2 Å². The van der Waals surface area contributed by atoms with Crippen LogP contribution in [0.2, 0.25) is 5.02 Å². The van der Waals surface area contributed by atoms with Crippen molar-refractivity contribution >= 4 is 61.9 Å². The van der Waals surface area contributed by atoms with Gasteiger partial charge in [0.15, 0.2) is 22.7 Å². The Morgan fingerprint density at radius 3 is 2.58 bits per heavy atom. The van der Waals surface area contributed by atoms with E-state index >= 15 is 0 Å². The van der Waals surface area contributed by atoms with Crippen LogP contribution in [0.4, 0.5) is 5.13 Å². The molecule has 204 valence electrons. The number of hydrogen-bond donors (Lipinski definition) is 2. The number of carbonyl (C=O) groups excluding carboxylic acids is 2. The van der Waals surface area contributed by atoms with E-state index in [4.69, 9.17) is 21.1 Å². The number of ether oxygens (including phenoxy) is 2. The number of nitrogens with one attached hydrogen (secondary N) is 2. The molecule has 0 radical (unpaired) electrons. The normalized spacial score (nSPS) is 10.8. The molecule has 2 aromatic heterocycles. The molecule has 2 N–H and O–H groups in total. The lowest BCUT2D eigenvalue weighted by Gasteiger charge is -2.14. The standard InChI is InChI=1S/C27H23ClN6O4S2/c1-37-21-8-4-3-7-20(21)34-23(14-29-24(35)15-38-18-12-10-17(28)11-13-18)32-33-27(34)39-16-25(36)31-26-30-19-6-2-5-9-22(19)40-26/h2-13H,14-16H2,1H3,(H,29,35)(H,30,31,36). The maximum atomic E-state index is 12.7. The number of amides is 2. The third-order valence-corrected chi connectivity index (χ3v) is 7.66. The van der Waals surface area contributed by atoms with E-state index in [9.17, 15) is 9.59 Å². The molecule has 0 saturated carbocycles. The molecule has 0 spiro atoms. The molecule has 0 saturated heterocycles. The van der Waals surface area contributed by atoms with E-state index in [2.05, 4.69) is 25.8 Å². The second kappa shape index (κ2) is 12.8. The fraction of sp³-hybridized carbons (Fsp3) is 0.148. The zero-order valence-corrected chi connectivity index (χ0v) is 23.6. The van der Waals surface area contributed by atoms with Crippen molar-refractivity contribution in [2.45, 2.75) is 11.7 Å². The summed E-state index contributed by atoms with van der Waals surface area (Å²) in [6.07, 6.45) is 0. The molecule has 13 heteroatoms. The first-order valence-corrected chi connectivity index (χ1v) is 14.2. The van der Waals surface area contributed by atoms with Gasteiger partial charge in [-0.2, -0.15) is 0 Å². The number of rotatable bonds is 11. The highest BCUT2D eigenvalue weighted by atomic mass is 35.5. The van der Waals surface area contributed by atoms with Crippen LogP contribution < -0.4 is 20.1 Å². The lowest BCUT2D eigenvalue weighted by molar-refractivity contribution is -0.123. The van der Waals surface area contributed by atoms with Gasteiger partial charge in [-0.05, 0) is 48.5 Å². The van der Waals surface area contributed by atoms with Crippen molar-refractivity contribution in [2.24, 2.45) is 0 Å². The zero-order chi connectivity index (χ0) is 27.9. The van der Waals surface area contributed by atoms with Crippen molar-refractivity contribution in [3.05, 3.63) is 83.6 Å². The topological polar surface area (TPSA) is 120 Å². The van der Waals surface area contributed by atoms with E-state index < -0.39 is 0 Å². The van der Waals surface area contributed by atoms with E-state index in [1.54, 1.807) is 35.9 Å². The quantitative estimate of drug-likeness (QED) is 0.206. The van der Waals surface area contributed by atoms with Crippen LogP contribution in [-0.4, -0.2) is 51.0 Å². The van der Waals surface area contributed by atoms with Crippen LogP contribution in [0.1, 0.15) is 5.82 Å². The maximum absolute atomic E-state index is 12.7. The van der Waals surface area contributed by atoms with Crippen LogP contribution in [-0.2, 0) is 16.1 Å². The van der Waals surface area contributed by atoms with Gasteiger partial charge in [0.1, 0.15) is 11.5 Å². The number of fused-ring (bicyclic) bond motifs is 1. The minimum absolute atomic E-state index is 0.0739. The minimum atomic E-state index is -0.339. The summed E-state index contributed by atoms with van der Waals surface area (Å²) in [5.41, 5.74) is 1.50. The molecule has 3 aromatic carbocycles. The molecule has 0 fully saturated rings. The number of anilines is 1. The molecule has 40 heavy (non-hydrogen) atoms. The van der Waals surface area contributed by atoms with Crippen LogP contribution in [0, 0.1) is 0 Å². The largest absolute Gasteiger partial charge is 0.495 e. The predicted molar refractivity (Wildman–Crippen MR) is 156 cm³/mol. The third-order valence-electron chi connectivity index (χ3n) is 5.53. The maximum Gasteiger partial charge on any atom is 0.258 e. The van der Waals surface area contributed by atoms with Gasteiger partial charge in [-0.1, -0.05) is 59.0 Å². The van der Waals surface area contributed by atoms with Gasteiger partial charge in [-0.3, -0.25) is 14.2 Å². The number of thioether (sulfide) groups is 1. The number of para-hydroxylation sites is 3. The smallest absolute Gasteiger partial charge is 0.258 e. The first-order valence-electron chi connectivity index (χ1n) is 12.0. The van der Waals surface area contributed by atoms with E-state index in [0.29, 0.717) is 38.3 Å². The lowest BCUT2D eigenvalue weighted by atomic mass is 10.3. The number of thiazole rings is 1. The molecule has 0 bridgehead atoms. The van der Waals surface area contributed by atoms with Gasteiger partial charge >= 0.3 is 0 Å². The lowest BCUT2D eigenvalue weighted by Crippen LogP contribution is -2.29. The number of halogens is 1. The molecule has 0 atom stereocenters. The van der Waals surface area contributed by atoms with Gasteiger partial charge in [0.2, 0.25) is 5.91 Å². The molecule has 0 aliphatic heterocycles. The average molecular weight is 595 g/mol. The Balaban J connectivity index is 1.27. The van der Waals surface area contributed by atoms with Gasteiger partial charge in [0.25, 0.3) is 5.91 Å². The molecule has 10 nitrogen and oxygen atoms in total. The summed E-state index contributed by atoms with van der Waals surface area (Å²) in [4.78, 5) is 29.7. The Labute approximate surface area is 242 Å². The monoisotopic (exact) mass is 594 g/mol. The number of carbonyl (C=O) groups is 2. The van der Waals surface area contributed by atoms with E-state index in [1.807, 2.05) is 48.5 Å². The molecular weight excluding hydrogens is 572 g/mol. The number of benzene rings is 3. The number of hydrogen-bond acceptors (Lipinski definition) is 9. The molecule has 0 unspecified atom stereocenters. The number of aromatic nitrogens is 4. The minimum Gasteiger partial charge on any atom is -0.495 e. The molecule has 5 aromatic rings. The second-order valence-electron chi connectivity index (χ2n) is 8.25. The fourth-order valence-corrected chi connectivity index (χ4v) is 5.46. The molecule has 2 amide bonds. The highest BCUT2D eigenvalue weighted by Crippen LogP contribution is 2.29. The van der Waals surface area contributed by atoms with Crippen molar-refractivity contribution in [1.82, 2.24) is 25.1 Å². The molecule has 0 aliphatic rings. The van der Waals surface area contributed by atoms with Gasteiger partial charge in [0.05, 0.1) is 35.3 Å². The van der Waals surface area contributed by atoms with E-state index in [1.165, 1.54) is 23.1 Å². The fourth-order valence-electron chi connectivity index (χ4n) is 3.68. The molecule has 0 aliphatic carbocycles. The number of methoxy groups -OCH3 is 1.